The van der Waals surface area contributed by atoms with Gasteiger partial charge in [-0.25, -0.2) is 8.78 Å². The second-order valence-corrected chi connectivity index (χ2v) is 2.26. The molecule has 14 heavy (non-hydrogen) atoms. The number of carbonyl (C=O) groups is 1. The van der Waals surface area contributed by atoms with Crippen molar-refractivity contribution >= 4 is 11.7 Å². The average molecular weight is 212 g/mol. The van der Waals surface area contributed by atoms with Crippen molar-refractivity contribution in [3.05, 3.63) is 12.3 Å². The van der Waals surface area contributed by atoms with Gasteiger partial charge in [-0.15, -0.1) is 0 Å². The summed E-state index contributed by atoms with van der Waals surface area (Å²) in [5.74, 6) is -7.21. The van der Waals surface area contributed by atoms with Crippen LogP contribution in [0.15, 0.2) is 16.9 Å². The summed E-state index contributed by atoms with van der Waals surface area (Å²) in [5.41, 5.74) is 0. The molecule has 0 aliphatic rings. The van der Waals surface area contributed by atoms with Crippen molar-refractivity contribution in [3.8, 4) is 0 Å². The number of alkyl halides is 4. The molecule has 0 spiro atoms. The molecule has 4 nitrogen and oxygen atoms in total. The summed E-state index contributed by atoms with van der Waals surface area (Å²) < 4.78 is 52.1. The van der Waals surface area contributed by atoms with E-state index in [9.17, 15) is 22.4 Å². The number of nitrogens with one attached hydrogen (secondary N) is 1. The van der Waals surface area contributed by atoms with Gasteiger partial charge in [0.1, 0.15) is 6.26 Å². The Bertz CT molecular complexity index is 312. The minimum absolute atomic E-state index is 0.352. The largest absolute Gasteiger partial charge is 0.383 e. The molecule has 78 valence electrons. The Kier molecular flexibility index (Phi) is 2.73. The lowest BCUT2D eigenvalue weighted by atomic mass is 10.3. The molecule has 1 amide bonds. The highest BCUT2D eigenvalue weighted by atomic mass is 19.3. The molecule has 1 aromatic rings. The van der Waals surface area contributed by atoms with E-state index in [2.05, 4.69) is 9.68 Å². The van der Waals surface area contributed by atoms with Crippen LogP contribution in [-0.2, 0) is 4.79 Å². The van der Waals surface area contributed by atoms with Crippen molar-refractivity contribution in [2.45, 2.75) is 12.3 Å². The van der Waals surface area contributed by atoms with E-state index in [0.717, 1.165) is 12.3 Å². The first-order valence-corrected chi connectivity index (χ1v) is 3.32. The minimum atomic E-state index is -4.74. The average Bonchev–Trinajstić information content (AvgIpc) is 2.56. The molecule has 1 heterocycles. The highest BCUT2D eigenvalue weighted by Gasteiger charge is 2.49. The van der Waals surface area contributed by atoms with E-state index in [1.165, 1.54) is 5.32 Å². The molecular weight excluding hydrogens is 208 g/mol. The van der Waals surface area contributed by atoms with Crippen LogP contribution in [0, 0.1) is 0 Å². The van der Waals surface area contributed by atoms with E-state index in [1.807, 2.05) is 0 Å². The molecule has 0 saturated carbocycles. The standard InChI is InChI=1S/C6H4F4N2O2/c7-4(8)6(9,10)5(13)11-3-1-2-14-12-3/h1-2,4H,(H,11,12,13). The highest BCUT2D eigenvalue weighted by molar-refractivity contribution is 5.95. The Morgan fingerprint density at radius 2 is 2.21 bits per heavy atom. The number of hydrogen-bond acceptors (Lipinski definition) is 3. The Hall–Kier alpha value is -1.60. The van der Waals surface area contributed by atoms with Crippen LogP contribution in [0.4, 0.5) is 23.4 Å². The first-order valence-electron chi connectivity index (χ1n) is 3.32. The zero-order valence-electron chi connectivity index (χ0n) is 6.51. The van der Waals surface area contributed by atoms with Gasteiger partial charge in [-0.3, -0.25) is 4.79 Å². The molecule has 0 fully saturated rings. The van der Waals surface area contributed by atoms with Crippen molar-refractivity contribution in [2.75, 3.05) is 5.32 Å². The van der Waals surface area contributed by atoms with Gasteiger partial charge in [-0.05, 0) is 0 Å². The predicted molar refractivity (Wildman–Crippen MR) is 36.1 cm³/mol. The van der Waals surface area contributed by atoms with Gasteiger partial charge in [0.25, 0.3) is 0 Å². The molecule has 8 heteroatoms. The Labute approximate surface area is 74.9 Å². The van der Waals surface area contributed by atoms with Crippen LogP contribution >= 0.6 is 0 Å². The summed E-state index contributed by atoms with van der Waals surface area (Å²) in [6, 6.07) is 1.04. The second kappa shape index (κ2) is 3.64. The fraction of sp³-hybridized carbons (Fsp3) is 0.333. The number of halogens is 4. The van der Waals surface area contributed by atoms with E-state index in [-0.39, 0.29) is 5.82 Å². The Morgan fingerprint density at radius 1 is 1.57 bits per heavy atom. The zero-order valence-corrected chi connectivity index (χ0v) is 6.51. The van der Waals surface area contributed by atoms with Gasteiger partial charge in [0.15, 0.2) is 5.82 Å². The number of amides is 1. The quantitative estimate of drug-likeness (QED) is 0.772. The van der Waals surface area contributed by atoms with E-state index < -0.39 is 18.3 Å². The van der Waals surface area contributed by atoms with Crippen LogP contribution in [0.3, 0.4) is 0 Å². The van der Waals surface area contributed by atoms with Crippen molar-refractivity contribution in [3.63, 3.8) is 0 Å². The molecule has 1 aromatic heterocycles. The van der Waals surface area contributed by atoms with Gasteiger partial charge in [0, 0.05) is 6.07 Å². The SMILES string of the molecule is O=C(Nc1ccon1)C(F)(F)C(F)F. The topological polar surface area (TPSA) is 55.1 Å². The van der Waals surface area contributed by atoms with Crippen LogP contribution < -0.4 is 5.32 Å². The molecule has 0 aliphatic heterocycles. The maximum Gasteiger partial charge on any atom is 0.383 e. The number of carbonyl (C=O) groups excluding carboxylic acids is 1. The molecule has 1 rings (SSSR count). The van der Waals surface area contributed by atoms with Gasteiger partial charge < -0.3 is 9.84 Å². The van der Waals surface area contributed by atoms with Crippen molar-refractivity contribution in [1.82, 2.24) is 5.16 Å². The molecule has 0 bridgehead atoms. The molecule has 0 aromatic carbocycles. The van der Waals surface area contributed by atoms with Crippen LogP contribution in [0.1, 0.15) is 0 Å². The number of nitrogens with zero attached hydrogens (tertiary/aromatic N) is 1. The first kappa shape index (κ1) is 10.5. The number of rotatable bonds is 3. The van der Waals surface area contributed by atoms with E-state index in [4.69, 9.17) is 0 Å². The lowest BCUT2D eigenvalue weighted by Gasteiger charge is -2.12. The molecule has 0 atom stereocenters. The summed E-state index contributed by atoms with van der Waals surface area (Å²) in [6.45, 7) is 0. The number of anilines is 1. The van der Waals surface area contributed by atoms with Gasteiger partial charge in [-0.1, -0.05) is 5.16 Å². The van der Waals surface area contributed by atoms with Gasteiger partial charge >= 0.3 is 18.3 Å². The van der Waals surface area contributed by atoms with Crippen molar-refractivity contribution in [2.24, 2.45) is 0 Å². The normalized spacial score (nSPS) is 11.8. The van der Waals surface area contributed by atoms with Gasteiger partial charge in [0.05, 0.1) is 0 Å². The maximum atomic E-state index is 12.3. The van der Waals surface area contributed by atoms with E-state index in [0.29, 0.717) is 0 Å². The summed E-state index contributed by atoms with van der Waals surface area (Å²) in [5, 5.41) is 4.51. The lowest BCUT2D eigenvalue weighted by molar-refractivity contribution is -0.163. The van der Waals surface area contributed by atoms with E-state index in [1.54, 1.807) is 0 Å². The third-order valence-electron chi connectivity index (χ3n) is 1.26. The van der Waals surface area contributed by atoms with Crippen LogP contribution in [0.25, 0.3) is 0 Å². The number of aromatic nitrogens is 1. The third kappa shape index (κ3) is 2.01. The van der Waals surface area contributed by atoms with Crippen molar-refractivity contribution in [1.29, 1.82) is 0 Å². The van der Waals surface area contributed by atoms with Gasteiger partial charge in [-0.2, -0.15) is 8.78 Å². The maximum absolute atomic E-state index is 12.3. The molecule has 0 saturated heterocycles. The lowest BCUT2D eigenvalue weighted by Crippen LogP contribution is -2.41. The third-order valence-corrected chi connectivity index (χ3v) is 1.26. The second-order valence-electron chi connectivity index (χ2n) is 2.26. The molecular formula is C6H4F4N2O2. The Morgan fingerprint density at radius 3 is 2.64 bits per heavy atom. The van der Waals surface area contributed by atoms with Crippen LogP contribution in [0.5, 0.6) is 0 Å². The summed E-state index contributed by atoms with van der Waals surface area (Å²) in [6.07, 6.45) is -3.06. The highest BCUT2D eigenvalue weighted by Crippen LogP contribution is 2.24. The summed E-state index contributed by atoms with van der Waals surface area (Å²) in [4.78, 5) is 10.6. The van der Waals surface area contributed by atoms with E-state index >= 15 is 0 Å². The Balaban J connectivity index is 2.67. The summed E-state index contributed by atoms with van der Waals surface area (Å²) in [7, 11) is 0. The van der Waals surface area contributed by atoms with Crippen LogP contribution in [0.2, 0.25) is 0 Å². The minimum Gasteiger partial charge on any atom is -0.363 e. The van der Waals surface area contributed by atoms with Crippen LogP contribution in [-0.4, -0.2) is 23.4 Å². The first-order chi connectivity index (χ1) is 6.44. The number of hydrogen-bond donors (Lipinski definition) is 1. The fourth-order valence-electron chi connectivity index (χ4n) is 0.576. The molecule has 0 aliphatic carbocycles. The van der Waals surface area contributed by atoms with Crippen molar-refractivity contribution < 1.29 is 26.9 Å². The van der Waals surface area contributed by atoms with Gasteiger partial charge in [0.2, 0.25) is 0 Å². The summed E-state index contributed by atoms with van der Waals surface area (Å²) >= 11 is 0. The predicted octanol–water partition coefficient (Wildman–Crippen LogP) is 1.51. The molecule has 0 unspecified atom stereocenters. The zero-order chi connectivity index (χ0) is 10.8. The fourth-order valence-corrected chi connectivity index (χ4v) is 0.576. The molecule has 1 N–H and O–H groups in total. The smallest absolute Gasteiger partial charge is 0.363 e. The monoisotopic (exact) mass is 212 g/mol. The molecule has 0 radical (unpaired) electrons.